The first kappa shape index (κ1) is 19.1. The monoisotopic (exact) mass is 379 g/mol. The number of ether oxygens (including phenoxy) is 2. The smallest absolute Gasteiger partial charge is 0.441 e. The van der Waals surface area contributed by atoms with Crippen molar-refractivity contribution in [2.45, 2.75) is 39.2 Å². The zero-order valence-corrected chi connectivity index (χ0v) is 15.0. The Labute approximate surface area is 155 Å². The van der Waals surface area contributed by atoms with Crippen LogP contribution < -0.4 is 10.5 Å². The standard InChI is InChI=1S/C20H20F3NO3/c1-19(2)10-9-14-11-13(5-8-16(14)17(19)26-18(24)25)12-3-6-15(7-4-12)27-20(21,22)23/h3-8,11,17H,9-10H2,1-2H3,(H2,24,25). The molecule has 4 nitrogen and oxygen atoms in total. The third-order valence-corrected chi connectivity index (χ3v) is 4.83. The van der Waals surface area contributed by atoms with Crippen molar-refractivity contribution in [2.24, 2.45) is 11.1 Å². The van der Waals surface area contributed by atoms with E-state index < -0.39 is 18.6 Å². The second-order valence-electron chi connectivity index (χ2n) is 7.29. The zero-order valence-electron chi connectivity index (χ0n) is 15.0. The minimum atomic E-state index is -4.71. The second kappa shape index (κ2) is 6.79. The Kier molecular flexibility index (Phi) is 4.80. The fraction of sp³-hybridized carbons (Fsp3) is 0.350. The van der Waals surface area contributed by atoms with Crippen LogP contribution in [0.25, 0.3) is 11.1 Å². The van der Waals surface area contributed by atoms with Crippen molar-refractivity contribution in [3.63, 3.8) is 0 Å². The Morgan fingerprint density at radius 3 is 2.33 bits per heavy atom. The molecule has 0 heterocycles. The van der Waals surface area contributed by atoms with Gasteiger partial charge in [0.05, 0.1) is 0 Å². The van der Waals surface area contributed by atoms with Gasteiger partial charge in [0, 0.05) is 5.41 Å². The summed E-state index contributed by atoms with van der Waals surface area (Å²) < 4.78 is 46.1. The first-order valence-electron chi connectivity index (χ1n) is 8.50. The highest BCUT2D eigenvalue weighted by molar-refractivity contribution is 5.67. The summed E-state index contributed by atoms with van der Waals surface area (Å²) in [5.41, 5.74) is 8.57. The largest absolute Gasteiger partial charge is 0.573 e. The molecule has 1 amide bonds. The number of amides is 1. The third kappa shape index (κ3) is 4.35. The average molecular weight is 379 g/mol. The lowest BCUT2D eigenvalue weighted by Crippen LogP contribution is -2.33. The van der Waals surface area contributed by atoms with Crippen molar-refractivity contribution in [1.82, 2.24) is 0 Å². The summed E-state index contributed by atoms with van der Waals surface area (Å²) in [5.74, 6) is -0.263. The molecule has 7 heteroatoms. The minimum absolute atomic E-state index is 0.236. The van der Waals surface area contributed by atoms with E-state index in [0.717, 1.165) is 35.1 Å². The van der Waals surface area contributed by atoms with Gasteiger partial charge in [-0.05, 0) is 47.2 Å². The predicted octanol–water partition coefficient (Wildman–Crippen LogP) is 5.36. The number of aryl methyl sites for hydroxylation is 1. The molecule has 0 fully saturated rings. The maximum absolute atomic E-state index is 12.3. The van der Waals surface area contributed by atoms with Crippen LogP contribution >= 0.6 is 0 Å². The van der Waals surface area contributed by atoms with Gasteiger partial charge in [-0.2, -0.15) is 0 Å². The van der Waals surface area contributed by atoms with Gasteiger partial charge in [-0.1, -0.05) is 44.2 Å². The number of carbonyl (C=O) groups is 1. The van der Waals surface area contributed by atoms with E-state index in [1.807, 2.05) is 32.0 Å². The number of benzene rings is 2. The van der Waals surface area contributed by atoms with Crippen molar-refractivity contribution >= 4 is 6.09 Å². The van der Waals surface area contributed by atoms with E-state index >= 15 is 0 Å². The first-order valence-corrected chi connectivity index (χ1v) is 8.50. The van der Waals surface area contributed by atoms with Crippen molar-refractivity contribution < 1.29 is 27.4 Å². The molecule has 3 rings (SSSR count). The quantitative estimate of drug-likeness (QED) is 0.781. The van der Waals surface area contributed by atoms with Crippen molar-refractivity contribution in [3.8, 4) is 16.9 Å². The number of hydrogen-bond donors (Lipinski definition) is 1. The molecule has 2 N–H and O–H groups in total. The minimum Gasteiger partial charge on any atom is -0.441 e. The van der Waals surface area contributed by atoms with Crippen LogP contribution in [0, 0.1) is 5.41 Å². The molecule has 0 spiro atoms. The van der Waals surface area contributed by atoms with Gasteiger partial charge in [0.25, 0.3) is 0 Å². The highest BCUT2D eigenvalue weighted by Gasteiger charge is 2.38. The van der Waals surface area contributed by atoms with E-state index in [-0.39, 0.29) is 11.2 Å². The molecule has 0 aliphatic heterocycles. The van der Waals surface area contributed by atoms with E-state index in [1.54, 1.807) is 12.1 Å². The van der Waals surface area contributed by atoms with Gasteiger partial charge in [-0.25, -0.2) is 4.79 Å². The Hall–Kier alpha value is -2.70. The van der Waals surface area contributed by atoms with E-state index in [9.17, 15) is 18.0 Å². The van der Waals surface area contributed by atoms with Crippen LogP contribution in [0.2, 0.25) is 0 Å². The Balaban J connectivity index is 1.89. The number of hydrogen-bond acceptors (Lipinski definition) is 3. The number of primary amides is 1. The fourth-order valence-corrected chi connectivity index (χ4v) is 3.45. The Morgan fingerprint density at radius 2 is 1.74 bits per heavy atom. The first-order chi connectivity index (χ1) is 12.5. The Bertz CT molecular complexity index is 845. The summed E-state index contributed by atoms with van der Waals surface area (Å²) in [6, 6.07) is 11.4. The second-order valence-corrected chi connectivity index (χ2v) is 7.29. The summed E-state index contributed by atoms with van der Waals surface area (Å²) in [4.78, 5) is 11.3. The molecule has 1 aliphatic rings. The summed E-state index contributed by atoms with van der Waals surface area (Å²) >= 11 is 0. The number of rotatable bonds is 3. The molecule has 27 heavy (non-hydrogen) atoms. The van der Waals surface area contributed by atoms with Crippen LogP contribution in [0.5, 0.6) is 5.75 Å². The number of carbonyl (C=O) groups excluding carboxylic acids is 1. The molecule has 1 unspecified atom stereocenters. The van der Waals surface area contributed by atoms with Crippen LogP contribution in [0.15, 0.2) is 42.5 Å². The summed E-state index contributed by atoms with van der Waals surface area (Å²) in [6.45, 7) is 4.05. The van der Waals surface area contributed by atoms with Gasteiger partial charge in [0.1, 0.15) is 11.9 Å². The maximum atomic E-state index is 12.3. The van der Waals surface area contributed by atoms with Crippen molar-refractivity contribution in [3.05, 3.63) is 53.6 Å². The molecule has 1 atom stereocenters. The highest BCUT2D eigenvalue weighted by Crippen LogP contribution is 2.46. The maximum Gasteiger partial charge on any atom is 0.573 e. The number of fused-ring (bicyclic) bond motifs is 1. The average Bonchev–Trinajstić information content (AvgIpc) is 2.56. The van der Waals surface area contributed by atoms with Gasteiger partial charge in [-0.15, -0.1) is 13.2 Å². The number of halogens is 3. The van der Waals surface area contributed by atoms with Gasteiger partial charge < -0.3 is 15.2 Å². The van der Waals surface area contributed by atoms with Crippen LogP contribution in [0.1, 0.15) is 37.5 Å². The van der Waals surface area contributed by atoms with Gasteiger partial charge in [-0.3, -0.25) is 0 Å². The van der Waals surface area contributed by atoms with E-state index in [1.165, 1.54) is 12.1 Å². The van der Waals surface area contributed by atoms with Crippen molar-refractivity contribution in [2.75, 3.05) is 0 Å². The highest BCUT2D eigenvalue weighted by atomic mass is 19.4. The zero-order chi connectivity index (χ0) is 19.8. The predicted molar refractivity (Wildman–Crippen MR) is 94.1 cm³/mol. The normalized spacial score (nSPS) is 18.5. The van der Waals surface area contributed by atoms with Gasteiger partial charge in [0.2, 0.25) is 0 Å². The molecule has 1 aliphatic carbocycles. The van der Waals surface area contributed by atoms with Crippen LogP contribution in [0.3, 0.4) is 0 Å². The molecule has 2 aromatic carbocycles. The summed E-state index contributed by atoms with van der Waals surface area (Å²) in [7, 11) is 0. The lowest BCUT2D eigenvalue weighted by molar-refractivity contribution is -0.274. The lowest BCUT2D eigenvalue weighted by Gasteiger charge is -2.39. The molecule has 144 valence electrons. The molecular weight excluding hydrogens is 359 g/mol. The van der Waals surface area contributed by atoms with Gasteiger partial charge in [0.15, 0.2) is 0 Å². The topological polar surface area (TPSA) is 61.6 Å². The van der Waals surface area contributed by atoms with Crippen LogP contribution in [-0.4, -0.2) is 12.5 Å². The molecule has 0 bridgehead atoms. The third-order valence-electron chi connectivity index (χ3n) is 4.83. The van der Waals surface area contributed by atoms with Gasteiger partial charge >= 0.3 is 12.5 Å². The van der Waals surface area contributed by atoms with E-state index in [4.69, 9.17) is 10.5 Å². The SMILES string of the molecule is CC1(C)CCc2cc(-c3ccc(OC(F)(F)F)cc3)ccc2C1OC(N)=O. The number of alkyl halides is 3. The molecule has 0 saturated heterocycles. The molecule has 0 aromatic heterocycles. The Morgan fingerprint density at radius 1 is 1.11 bits per heavy atom. The summed E-state index contributed by atoms with van der Waals surface area (Å²) in [6.07, 6.45) is -4.33. The molecule has 0 saturated carbocycles. The molecule has 2 aromatic rings. The van der Waals surface area contributed by atoms with Crippen molar-refractivity contribution in [1.29, 1.82) is 0 Å². The molecule has 0 radical (unpaired) electrons. The van der Waals surface area contributed by atoms with Crippen LogP contribution in [-0.2, 0) is 11.2 Å². The fourth-order valence-electron chi connectivity index (χ4n) is 3.45. The van der Waals surface area contributed by atoms with E-state index in [2.05, 4.69) is 4.74 Å². The van der Waals surface area contributed by atoms with E-state index in [0.29, 0.717) is 0 Å². The van der Waals surface area contributed by atoms with Crippen LogP contribution in [0.4, 0.5) is 18.0 Å². The summed E-state index contributed by atoms with van der Waals surface area (Å²) in [5, 5.41) is 0. The molecular formula is C20H20F3NO3. The number of nitrogens with two attached hydrogens (primary N) is 1. The lowest BCUT2D eigenvalue weighted by atomic mass is 9.71.